The molecule has 0 radical (unpaired) electrons. The number of nitrogens with zero attached hydrogens (tertiary/aromatic N) is 2. The van der Waals surface area contributed by atoms with Gasteiger partial charge in [-0.25, -0.2) is 4.98 Å². The molecule has 1 fully saturated rings. The summed E-state index contributed by atoms with van der Waals surface area (Å²) in [6.07, 6.45) is 5.82. The van der Waals surface area contributed by atoms with E-state index in [2.05, 4.69) is 40.4 Å². The molecule has 2 aromatic heterocycles. The number of aliphatic hydroxyl groups is 1. The van der Waals surface area contributed by atoms with Crippen molar-refractivity contribution in [3.63, 3.8) is 0 Å². The number of H-pyrrole nitrogens is 1. The van der Waals surface area contributed by atoms with Crippen LogP contribution in [-0.4, -0.2) is 39.0 Å². The maximum atomic E-state index is 13.2. The summed E-state index contributed by atoms with van der Waals surface area (Å²) in [5.41, 5.74) is 8.80. The molecule has 2 atom stereocenters. The Bertz CT molecular complexity index is 1390. The molecule has 35 heavy (non-hydrogen) atoms. The van der Waals surface area contributed by atoms with Crippen LogP contribution >= 0.6 is 0 Å². The number of hydrogen-bond acceptors (Lipinski definition) is 4. The topological polar surface area (TPSA) is 81.2 Å². The molecule has 0 unspecified atom stereocenters. The number of pyridine rings is 1. The van der Waals surface area contributed by atoms with Crippen molar-refractivity contribution >= 4 is 16.9 Å². The van der Waals surface area contributed by atoms with Crippen LogP contribution in [0.3, 0.4) is 0 Å². The number of aromatic amines is 1. The highest BCUT2D eigenvalue weighted by molar-refractivity contribution is 5.85. The fourth-order valence-corrected chi connectivity index (χ4v) is 5.56. The highest BCUT2D eigenvalue weighted by Gasteiger charge is 2.30. The summed E-state index contributed by atoms with van der Waals surface area (Å²) >= 11 is 0. The van der Waals surface area contributed by atoms with Crippen molar-refractivity contribution < 1.29 is 9.90 Å². The summed E-state index contributed by atoms with van der Waals surface area (Å²) in [5.74, 6) is -0.228. The van der Waals surface area contributed by atoms with Crippen molar-refractivity contribution in [2.75, 3.05) is 13.1 Å². The minimum Gasteiger partial charge on any atom is -0.378 e. The van der Waals surface area contributed by atoms with Crippen molar-refractivity contribution in [2.45, 2.75) is 44.9 Å². The van der Waals surface area contributed by atoms with E-state index >= 15 is 0 Å². The fraction of sp³-hybridized carbons (Fsp3) is 0.310. The summed E-state index contributed by atoms with van der Waals surface area (Å²) in [7, 11) is 0. The molecule has 1 amide bonds. The Balaban J connectivity index is 1.36. The van der Waals surface area contributed by atoms with Crippen molar-refractivity contribution in [2.24, 2.45) is 0 Å². The third-order valence-electron chi connectivity index (χ3n) is 7.54. The number of aryl methyl sites for hydroxylation is 1. The second-order valence-corrected chi connectivity index (χ2v) is 9.77. The molecule has 0 spiro atoms. The van der Waals surface area contributed by atoms with E-state index in [1.54, 1.807) is 12.1 Å². The Morgan fingerprint density at radius 3 is 2.83 bits per heavy atom. The predicted molar refractivity (Wildman–Crippen MR) is 137 cm³/mol. The van der Waals surface area contributed by atoms with Crippen LogP contribution in [0, 0.1) is 6.92 Å². The number of rotatable bonds is 4. The number of carbonyl (C=O) groups is 1. The van der Waals surface area contributed by atoms with Crippen LogP contribution in [0.5, 0.6) is 0 Å². The van der Waals surface area contributed by atoms with E-state index in [1.165, 1.54) is 27.8 Å². The number of hydrogen-bond donors (Lipinski definition) is 3. The lowest BCUT2D eigenvalue weighted by Crippen LogP contribution is -2.39. The summed E-state index contributed by atoms with van der Waals surface area (Å²) in [6, 6.07) is 16.3. The molecule has 4 aromatic rings. The van der Waals surface area contributed by atoms with Gasteiger partial charge in [-0.05, 0) is 78.2 Å². The zero-order chi connectivity index (χ0) is 23.9. The molecule has 2 aliphatic rings. The Morgan fingerprint density at radius 1 is 1.17 bits per heavy atom. The lowest BCUT2D eigenvalue weighted by molar-refractivity contribution is -0.141. The first-order valence-corrected chi connectivity index (χ1v) is 12.4. The number of fused-ring (bicyclic) bond motifs is 2. The molecule has 1 saturated heterocycles. The first-order valence-electron chi connectivity index (χ1n) is 12.4. The van der Waals surface area contributed by atoms with E-state index in [4.69, 9.17) is 0 Å². The molecule has 6 nitrogen and oxygen atoms in total. The molecular weight excluding hydrogens is 436 g/mol. The van der Waals surface area contributed by atoms with Crippen molar-refractivity contribution in [1.29, 1.82) is 0 Å². The summed E-state index contributed by atoms with van der Waals surface area (Å²) in [6.45, 7) is 4.24. The van der Waals surface area contributed by atoms with Crippen LogP contribution in [0.2, 0.25) is 0 Å². The molecule has 0 saturated carbocycles. The molecule has 178 valence electrons. The highest BCUT2D eigenvalue weighted by atomic mass is 16.3. The third-order valence-corrected chi connectivity index (χ3v) is 7.54. The Kier molecular flexibility index (Phi) is 5.63. The molecular formula is C29H30N4O2. The molecule has 6 heteroatoms. The molecule has 2 aliphatic heterocycles. The lowest BCUT2D eigenvalue weighted by Gasteiger charge is -2.33. The first kappa shape index (κ1) is 22.0. The number of carbonyl (C=O) groups excluding carboxylic acids is 1. The van der Waals surface area contributed by atoms with E-state index in [-0.39, 0.29) is 11.9 Å². The van der Waals surface area contributed by atoms with Crippen LogP contribution < -0.4 is 5.32 Å². The number of amides is 1. The normalized spacial score (nSPS) is 18.6. The molecule has 0 aliphatic carbocycles. The zero-order valence-corrected chi connectivity index (χ0v) is 19.9. The summed E-state index contributed by atoms with van der Waals surface area (Å²) < 4.78 is 0. The number of nitrogens with one attached hydrogen (secondary N) is 2. The lowest BCUT2D eigenvalue weighted by atomic mass is 9.87. The maximum absolute atomic E-state index is 13.2. The van der Waals surface area contributed by atoms with Crippen LogP contribution in [-0.2, 0) is 17.8 Å². The largest absolute Gasteiger partial charge is 0.378 e. The van der Waals surface area contributed by atoms with Crippen LogP contribution in [0.1, 0.15) is 52.8 Å². The first-order chi connectivity index (χ1) is 17.1. The Labute approximate surface area is 205 Å². The van der Waals surface area contributed by atoms with E-state index < -0.39 is 6.10 Å². The van der Waals surface area contributed by atoms with Gasteiger partial charge in [0.25, 0.3) is 5.91 Å². The molecule has 2 aromatic carbocycles. The highest BCUT2D eigenvalue weighted by Crippen LogP contribution is 2.36. The van der Waals surface area contributed by atoms with Gasteiger partial charge in [0, 0.05) is 42.5 Å². The van der Waals surface area contributed by atoms with Gasteiger partial charge in [0.05, 0.1) is 0 Å². The predicted octanol–water partition coefficient (Wildman–Crippen LogP) is 4.58. The molecule has 3 N–H and O–H groups in total. The molecule has 4 heterocycles. The fourth-order valence-electron chi connectivity index (χ4n) is 5.56. The van der Waals surface area contributed by atoms with Gasteiger partial charge in [-0.3, -0.25) is 4.79 Å². The van der Waals surface area contributed by atoms with Gasteiger partial charge in [0.15, 0.2) is 6.10 Å². The standard InChI is InChI=1S/C29H30N4O2/c1-18-15-31-28-23(18)14-22(16-32-28)21-12-20-9-11-33(29(35)27(34)19-6-3-2-4-7-19)17-25(20)24(13-21)26-8-5-10-30-26/h2-4,6-7,12-16,26-27,30,34H,5,8-11,17H2,1H3,(H,31,32)/t26-,27+/m0/s1. The van der Waals surface area contributed by atoms with Crippen molar-refractivity contribution in [1.82, 2.24) is 20.2 Å². The number of aromatic nitrogens is 2. The van der Waals surface area contributed by atoms with Gasteiger partial charge in [0.1, 0.15) is 5.65 Å². The minimum atomic E-state index is -1.13. The van der Waals surface area contributed by atoms with E-state index in [0.29, 0.717) is 18.7 Å². The van der Waals surface area contributed by atoms with Gasteiger partial charge in [-0.1, -0.05) is 36.4 Å². The van der Waals surface area contributed by atoms with E-state index in [1.807, 2.05) is 35.5 Å². The molecule has 0 bridgehead atoms. The van der Waals surface area contributed by atoms with Crippen molar-refractivity contribution in [3.8, 4) is 11.1 Å². The van der Waals surface area contributed by atoms with Gasteiger partial charge in [0.2, 0.25) is 0 Å². The Hall–Kier alpha value is -3.48. The van der Waals surface area contributed by atoms with Gasteiger partial charge < -0.3 is 20.3 Å². The third kappa shape index (κ3) is 4.03. The summed E-state index contributed by atoms with van der Waals surface area (Å²) in [5, 5.41) is 15.5. The average molecular weight is 467 g/mol. The molecule has 6 rings (SSSR count). The Morgan fingerprint density at radius 2 is 2.03 bits per heavy atom. The minimum absolute atomic E-state index is 0.228. The second kappa shape index (κ2) is 8.95. The SMILES string of the molecule is Cc1c[nH]c2ncc(-c3cc4c(c([C@@H]5CCCN5)c3)CN(C(=O)[C@H](O)c3ccccc3)CC4)cc12. The maximum Gasteiger partial charge on any atom is 0.256 e. The van der Waals surface area contributed by atoms with Gasteiger partial charge in [-0.2, -0.15) is 0 Å². The van der Waals surface area contributed by atoms with E-state index in [0.717, 1.165) is 42.4 Å². The smallest absolute Gasteiger partial charge is 0.256 e. The number of aliphatic hydroxyl groups excluding tert-OH is 1. The van der Waals surface area contributed by atoms with E-state index in [9.17, 15) is 9.90 Å². The van der Waals surface area contributed by atoms with Crippen molar-refractivity contribution in [3.05, 3.63) is 88.7 Å². The summed E-state index contributed by atoms with van der Waals surface area (Å²) in [4.78, 5) is 22.9. The second-order valence-electron chi connectivity index (χ2n) is 9.77. The van der Waals surface area contributed by atoms with Crippen LogP contribution in [0.25, 0.3) is 22.2 Å². The monoisotopic (exact) mass is 466 g/mol. The van der Waals surface area contributed by atoms with Crippen LogP contribution in [0.15, 0.2) is 60.9 Å². The van der Waals surface area contributed by atoms with Crippen LogP contribution in [0.4, 0.5) is 0 Å². The zero-order valence-electron chi connectivity index (χ0n) is 19.9. The van der Waals surface area contributed by atoms with Gasteiger partial charge >= 0.3 is 0 Å². The van der Waals surface area contributed by atoms with Gasteiger partial charge in [-0.15, -0.1) is 0 Å². The quantitative estimate of drug-likeness (QED) is 0.411. The number of benzene rings is 2. The average Bonchev–Trinajstić information content (AvgIpc) is 3.57.